The van der Waals surface area contributed by atoms with E-state index in [1.807, 2.05) is 0 Å². The smallest absolute Gasteiger partial charge is 0.334 e. The van der Waals surface area contributed by atoms with Gasteiger partial charge >= 0.3 is 12.0 Å². The summed E-state index contributed by atoms with van der Waals surface area (Å²) in [4.78, 5) is 48.9. The van der Waals surface area contributed by atoms with E-state index in [2.05, 4.69) is 5.32 Å². The number of benzene rings is 1. The highest BCUT2D eigenvalue weighted by molar-refractivity contribution is 6.12. The zero-order valence-electron chi connectivity index (χ0n) is 12.9. The van der Waals surface area contributed by atoms with Crippen molar-refractivity contribution in [1.29, 1.82) is 0 Å². The first-order valence-corrected chi connectivity index (χ1v) is 7.07. The second kappa shape index (κ2) is 6.91. The standard InChI is InChI=1S/C15H17N3O5/c1-3-13(20)23-9-18-12(19)8-17(15(18)22)11-6-4-10(5-7-11)14(21)16-2/h4-7H,3,8-9H2,1-2H3,(H,16,21). The molecule has 0 bridgehead atoms. The first-order valence-electron chi connectivity index (χ1n) is 7.07. The minimum atomic E-state index is -0.563. The Hall–Kier alpha value is -2.90. The average molecular weight is 319 g/mol. The summed E-state index contributed by atoms with van der Waals surface area (Å²) in [7, 11) is 1.52. The zero-order valence-corrected chi connectivity index (χ0v) is 12.9. The van der Waals surface area contributed by atoms with Gasteiger partial charge in [-0.15, -0.1) is 0 Å². The van der Waals surface area contributed by atoms with Crippen LogP contribution in [0.15, 0.2) is 24.3 Å². The van der Waals surface area contributed by atoms with Crippen molar-refractivity contribution >= 4 is 29.5 Å². The first kappa shape index (κ1) is 16.5. The van der Waals surface area contributed by atoms with Crippen LogP contribution in [0.5, 0.6) is 0 Å². The van der Waals surface area contributed by atoms with Gasteiger partial charge < -0.3 is 10.1 Å². The summed E-state index contributed by atoms with van der Waals surface area (Å²) < 4.78 is 4.83. The van der Waals surface area contributed by atoms with Crippen molar-refractivity contribution in [2.45, 2.75) is 13.3 Å². The molecule has 4 amide bonds. The molecule has 23 heavy (non-hydrogen) atoms. The quantitative estimate of drug-likeness (QED) is 0.637. The molecule has 8 nitrogen and oxygen atoms in total. The molecular weight excluding hydrogens is 302 g/mol. The molecule has 1 saturated heterocycles. The summed E-state index contributed by atoms with van der Waals surface area (Å²) in [5.41, 5.74) is 0.934. The fourth-order valence-corrected chi connectivity index (χ4v) is 2.05. The van der Waals surface area contributed by atoms with Crippen LogP contribution in [0, 0.1) is 0 Å². The molecule has 0 unspecified atom stereocenters. The zero-order chi connectivity index (χ0) is 17.0. The van der Waals surface area contributed by atoms with E-state index < -0.39 is 24.6 Å². The van der Waals surface area contributed by atoms with Gasteiger partial charge in [-0.1, -0.05) is 6.92 Å². The molecule has 1 N–H and O–H groups in total. The van der Waals surface area contributed by atoms with E-state index in [0.29, 0.717) is 11.3 Å². The van der Waals surface area contributed by atoms with Crippen LogP contribution in [0.25, 0.3) is 0 Å². The Balaban J connectivity index is 2.09. The minimum Gasteiger partial charge on any atom is -0.444 e. The van der Waals surface area contributed by atoms with E-state index in [9.17, 15) is 19.2 Å². The number of amides is 4. The van der Waals surface area contributed by atoms with Gasteiger partial charge in [-0.3, -0.25) is 19.3 Å². The normalized spacial score (nSPS) is 14.2. The highest BCUT2D eigenvalue weighted by atomic mass is 16.5. The second-order valence-corrected chi connectivity index (χ2v) is 4.82. The maximum atomic E-state index is 12.3. The SMILES string of the molecule is CCC(=O)OCN1C(=O)CN(c2ccc(C(=O)NC)cc2)C1=O. The van der Waals surface area contributed by atoms with Crippen LogP contribution in [0.3, 0.4) is 0 Å². The summed E-state index contributed by atoms with van der Waals surface area (Å²) in [5.74, 6) is -1.18. The minimum absolute atomic E-state index is 0.137. The number of rotatable bonds is 5. The number of nitrogens with zero attached hydrogens (tertiary/aromatic N) is 2. The van der Waals surface area contributed by atoms with Crippen molar-refractivity contribution in [1.82, 2.24) is 10.2 Å². The Morgan fingerprint density at radius 2 is 1.87 bits per heavy atom. The number of imide groups is 1. The molecule has 1 heterocycles. The van der Waals surface area contributed by atoms with Gasteiger partial charge in [0.15, 0.2) is 6.73 Å². The molecule has 0 aromatic heterocycles. The van der Waals surface area contributed by atoms with Crippen molar-refractivity contribution in [3.8, 4) is 0 Å². The second-order valence-electron chi connectivity index (χ2n) is 4.82. The van der Waals surface area contributed by atoms with Crippen LogP contribution in [0.2, 0.25) is 0 Å². The van der Waals surface area contributed by atoms with Gasteiger partial charge in [0.2, 0.25) is 0 Å². The third-order valence-electron chi connectivity index (χ3n) is 3.37. The first-order chi connectivity index (χ1) is 11.0. The number of anilines is 1. The topological polar surface area (TPSA) is 96.0 Å². The molecule has 0 spiro atoms. The fourth-order valence-electron chi connectivity index (χ4n) is 2.05. The van der Waals surface area contributed by atoms with Gasteiger partial charge in [-0.05, 0) is 24.3 Å². The number of nitrogens with one attached hydrogen (secondary N) is 1. The van der Waals surface area contributed by atoms with Gasteiger partial charge in [-0.25, -0.2) is 9.69 Å². The molecule has 1 aliphatic heterocycles. The number of hydrogen-bond acceptors (Lipinski definition) is 5. The van der Waals surface area contributed by atoms with Crippen LogP contribution in [-0.4, -0.2) is 49.0 Å². The molecular formula is C15H17N3O5. The lowest BCUT2D eigenvalue weighted by molar-refractivity contribution is -0.148. The number of urea groups is 1. The molecule has 8 heteroatoms. The van der Waals surface area contributed by atoms with E-state index in [1.54, 1.807) is 31.2 Å². The summed E-state index contributed by atoms with van der Waals surface area (Å²) in [6.07, 6.45) is 0.168. The average Bonchev–Trinajstić information content (AvgIpc) is 2.86. The van der Waals surface area contributed by atoms with E-state index in [4.69, 9.17) is 4.74 Å². The third-order valence-corrected chi connectivity index (χ3v) is 3.37. The molecule has 0 saturated carbocycles. The Morgan fingerprint density at radius 3 is 2.43 bits per heavy atom. The van der Waals surface area contributed by atoms with Gasteiger partial charge in [0.1, 0.15) is 6.54 Å². The lowest BCUT2D eigenvalue weighted by Gasteiger charge is -2.17. The largest absolute Gasteiger partial charge is 0.444 e. The van der Waals surface area contributed by atoms with Gasteiger partial charge in [0.05, 0.1) is 0 Å². The van der Waals surface area contributed by atoms with Gasteiger partial charge in [0, 0.05) is 24.7 Å². The van der Waals surface area contributed by atoms with Crippen LogP contribution >= 0.6 is 0 Å². The van der Waals surface area contributed by atoms with Crippen molar-refractivity contribution in [2.75, 3.05) is 25.2 Å². The van der Waals surface area contributed by atoms with Crippen LogP contribution in [-0.2, 0) is 14.3 Å². The van der Waals surface area contributed by atoms with E-state index in [1.165, 1.54) is 11.9 Å². The predicted molar refractivity (Wildman–Crippen MR) is 80.7 cm³/mol. The summed E-state index contributed by atoms with van der Waals surface area (Å²) in [6.45, 7) is 1.09. The Labute approximate surface area is 133 Å². The van der Waals surface area contributed by atoms with Crippen molar-refractivity contribution < 1.29 is 23.9 Å². The Morgan fingerprint density at radius 1 is 1.22 bits per heavy atom. The highest BCUT2D eigenvalue weighted by Gasteiger charge is 2.37. The highest BCUT2D eigenvalue weighted by Crippen LogP contribution is 2.21. The van der Waals surface area contributed by atoms with Crippen LogP contribution < -0.4 is 10.2 Å². The molecule has 1 aliphatic rings. The maximum Gasteiger partial charge on any atom is 0.334 e. The lowest BCUT2D eigenvalue weighted by Crippen LogP contribution is -2.35. The molecule has 2 rings (SSSR count). The maximum absolute atomic E-state index is 12.3. The predicted octanol–water partition coefficient (Wildman–Crippen LogP) is 0.725. The Kier molecular flexibility index (Phi) is 4.95. The third kappa shape index (κ3) is 3.47. The number of ether oxygens (including phenoxy) is 1. The van der Waals surface area contributed by atoms with Crippen molar-refractivity contribution in [3.63, 3.8) is 0 Å². The van der Waals surface area contributed by atoms with Crippen molar-refractivity contribution in [2.24, 2.45) is 0 Å². The van der Waals surface area contributed by atoms with E-state index >= 15 is 0 Å². The fraction of sp³-hybridized carbons (Fsp3) is 0.333. The van der Waals surface area contributed by atoms with Crippen LogP contribution in [0.4, 0.5) is 10.5 Å². The summed E-state index contributed by atoms with van der Waals surface area (Å²) in [5, 5.41) is 2.50. The van der Waals surface area contributed by atoms with Crippen LogP contribution in [0.1, 0.15) is 23.7 Å². The van der Waals surface area contributed by atoms with Gasteiger partial charge in [0.25, 0.3) is 11.8 Å². The summed E-state index contributed by atoms with van der Waals surface area (Å²) >= 11 is 0. The summed E-state index contributed by atoms with van der Waals surface area (Å²) in [6, 6.07) is 5.72. The van der Waals surface area contributed by atoms with E-state index in [0.717, 1.165) is 4.90 Å². The monoisotopic (exact) mass is 319 g/mol. The van der Waals surface area contributed by atoms with E-state index in [-0.39, 0.29) is 18.9 Å². The molecule has 0 aliphatic carbocycles. The lowest BCUT2D eigenvalue weighted by atomic mass is 10.2. The molecule has 1 aromatic carbocycles. The number of carbonyl (C=O) groups excluding carboxylic acids is 4. The number of carbonyl (C=O) groups is 4. The number of hydrogen-bond donors (Lipinski definition) is 1. The molecule has 1 aromatic rings. The molecule has 1 fully saturated rings. The molecule has 122 valence electrons. The molecule has 0 radical (unpaired) electrons. The number of esters is 1. The molecule has 0 atom stereocenters. The Bertz CT molecular complexity index is 641. The van der Waals surface area contributed by atoms with Crippen molar-refractivity contribution in [3.05, 3.63) is 29.8 Å². The van der Waals surface area contributed by atoms with Gasteiger partial charge in [-0.2, -0.15) is 0 Å².